The minimum atomic E-state index is -0.710. The van der Waals surface area contributed by atoms with Gasteiger partial charge in [-0.3, -0.25) is 14.5 Å². The molecule has 1 amide bonds. The van der Waals surface area contributed by atoms with E-state index in [1.165, 1.54) is 23.7 Å². The van der Waals surface area contributed by atoms with E-state index in [0.717, 1.165) is 10.6 Å². The van der Waals surface area contributed by atoms with Crippen molar-refractivity contribution in [3.63, 3.8) is 0 Å². The van der Waals surface area contributed by atoms with Crippen molar-refractivity contribution in [2.75, 3.05) is 32.8 Å². The Labute approximate surface area is 188 Å². The van der Waals surface area contributed by atoms with E-state index in [2.05, 4.69) is 4.90 Å². The molecule has 5 rings (SSSR count). The zero-order valence-corrected chi connectivity index (χ0v) is 18.0. The van der Waals surface area contributed by atoms with Gasteiger partial charge >= 0.3 is 0 Å². The average molecular weight is 455 g/mol. The summed E-state index contributed by atoms with van der Waals surface area (Å²) in [5.74, 6) is -0.816. The maximum absolute atomic E-state index is 13.2. The summed E-state index contributed by atoms with van der Waals surface area (Å²) in [6.07, 6.45) is 3.00. The third-order valence-corrected chi connectivity index (χ3v) is 6.76. The van der Waals surface area contributed by atoms with Gasteiger partial charge in [0, 0.05) is 24.5 Å². The lowest BCUT2D eigenvalue weighted by molar-refractivity contribution is -0.130. The van der Waals surface area contributed by atoms with Gasteiger partial charge in [0.1, 0.15) is 5.76 Å². The van der Waals surface area contributed by atoms with Gasteiger partial charge < -0.3 is 23.6 Å². The van der Waals surface area contributed by atoms with Crippen LogP contribution >= 0.6 is 11.3 Å². The van der Waals surface area contributed by atoms with Crippen LogP contribution in [-0.4, -0.2) is 59.4 Å². The summed E-state index contributed by atoms with van der Waals surface area (Å²) >= 11 is 1.43. The highest BCUT2D eigenvalue weighted by atomic mass is 32.1. The minimum absolute atomic E-state index is 0.0348. The van der Waals surface area contributed by atoms with E-state index in [4.69, 9.17) is 13.6 Å². The van der Waals surface area contributed by atoms with Crippen LogP contribution in [-0.2, 0) is 9.53 Å². The molecule has 1 fully saturated rings. The van der Waals surface area contributed by atoms with Crippen LogP contribution in [0.5, 0.6) is 0 Å². The van der Waals surface area contributed by atoms with Gasteiger partial charge in [-0.05, 0) is 35.7 Å². The molecule has 32 heavy (non-hydrogen) atoms. The molecule has 0 radical (unpaired) electrons. The van der Waals surface area contributed by atoms with E-state index >= 15 is 0 Å². The summed E-state index contributed by atoms with van der Waals surface area (Å²) in [6.45, 7) is 2.80. The smallest absolute Gasteiger partial charge is 0.290 e. The number of furan rings is 2. The number of amides is 1. The van der Waals surface area contributed by atoms with Crippen LogP contribution in [0.1, 0.15) is 33.3 Å². The van der Waals surface area contributed by atoms with Gasteiger partial charge in [-0.25, -0.2) is 0 Å². The third kappa shape index (κ3) is 3.68. The summed E-state index contributed by atoms with van der Waals surface area (Å²) in [5.41, 5.74) is 0.0348. The first-order valence-electron chi connectivity index (χ1n) is 10.4. The molecule has 8 nitrogen and oxygen atoms in total. The second kappa shape index (κ2) is 8.78. The molecule has 0 saturated carbocycles. The second-order valence-electron chi connectivity index (χ2n) is 7.62. The Morgan fingerprint density at radius 1 is 1.12 bits per heavy atom. The van der Waals surface area contributed by atoms with Crippen molar-refractivity contribution in [1.29, 1.82) is 0 Å². The molecule has 3 aromatic heterocycles. The monoisotopic (exact) mass is 454 g/mol. The second-order valence-corrected chi connectivity index (χ2v) is 8.60. The van der Waals surface area contributed by atoms with Crippen molar-refractivity contribution >= 4 is 23.0 Å². The third-order valence-electron chi connectivity index (χ3n) is 5.83. The highest BCUT2D eigenvalue weighted by Gasteiger charge is 2.46. The van der Waals surface area contributed by atoms with Crippen LogP contribution in [0.15, 0.2) is 74.5 Å². The standard InChI is InChI=1S/C23H22N2O6S/c26-21(17-5-2-10-31-17)19-20(18-6-3-13-32-18)25(23(28)22(19)27)14-15(16-4-1-9-30-16)24-7-11-29-12-8-24/h1-6,9-10,13,15,20,27H,7-8,11-12,14H2. The molecule has 2 aliphatic heterocycles. The fraction of sp³-hybridized carbons (Fsp3) is 0.304. The fourth-order valence-corrected chi connectivity index (χ4v) is 5.14. The van der Waals surface area contributed by atoms with Gasteiger partial charge in [-0.1, -0.05) is 6.07 Å². The number of aliphatic hydroxyl groups excluding tert-OH is 1. The van der Waals surface area contributed by atoms with Crippen LogP contribution in [0, 0.1) is 0 Å². The quantitative estimate of drug-likeness (QED) is 0.545. The Hall–Kier alpha value is -3.14. The summed E-state index contributed by atoms with van der Waals surface area (Å²) < 4.78 is 16.5. The van der Waals surface area contributed by atoms with Gasteiger partial charge in [0.15, 0.2) is 11.5 Å². The SMILES string of the molecule is O=C(C1=C(O)C(=O)N(CC(c2ccco2)N2CCOCC2)C1c1cccs1)c1ccco1. The number of rotatable bonds is 7. The lowest BCUT2D eigenvalue weighted by atomic mass is 10.00. The Morgan fingerprint density at radius 2 is 1.91 bits per heavy atom. The Bertz CT molecular complexity index is 1100. The van der Waals surface area contributed by atoms with Crippen molar-refractivity contribution < 1.29 is 28.3 Å². The van der Waals surface area contributed by atoms with Gasteiger partial charge in [0.05, 0.1) is 43.4 Å². The molecule has 5 heterocycles. The molecule has 0 spiro atoms. The molecule has 0 aliphatic carbocycles. The molecule has 2 atom stereocenters. The highest BCUT2D eigenvalue weighted by molar-refractivity contribution is 7.10. The predicted molar refractivity (Wildman–Crippen MR) is 115 cm³/mol. The first-order chi connectivity index (χ1) is 15.6. The summed E-state index contributed by atoms with van der Waals surface area (Å²) in [6, 6.07) is 9.59. The molecule has 1 N–H and O–H groups in total. The number of ether oxygens (including phenoxy) is 1. The molecule has 9 heteroatoms. The average Bonchev–Trinajstić information content (AvgIpc) is 3.62. The van der Waals surface area contributed by atoms with Crippen molar-refractivity contribution in [3.05, 3.63) is 82.0 Å². The van der Waals surface area contributed by atoms with E-state index in [1.54, 1.807) is 17.2 Å². The maximum Gasteiger partial charge on any atom is 0.290 e. The molecule has 0 aromatic carbocycles. The zero-order chi connectivity index (χ0) is 22.1. The number of aliphatic hydroxyl groups is 1. The number of ketones is 1. The number of carbonyl (C=O) groups excluding carboxylic acids is 2. The number of morpholine rings is 1. The van der Waals surface area contributed by atoms with Gasteiger partial charge in [0.25, 0.3) is 5.91 Å². The lowest BCUT2D eigenvalue weighted by Gasteiger charge is -2.37. The van der Waals surface area contributed by atoms with Crippen molar-refractivity contribution in [2.45, 2.75) is 12.1 Å². The predicted octanol–water partition coefficient (Wildman–Crippen LogP) is 3.59. The highest BCUT2D eigenvalue weighted by Crippen LogP contribution is 2.42. The Morgan fingerprint density at radius 3 is 2.56 bits per heavy atom. The van der Waals surface area contributed by atoms with E-state index in [9.17, 15) is 14.7 Å². The van der Waals surface area contributed by atoms with Crippen LogP contribution in [0.25, 0.3) is 0 Å². The molecule has 166 valence electrons. The summed E-state index contributed by atoms with van der Waals surface area (Å²) in [7, 11) is 0. The minimum Gasteiger partial charge on any atom is -0.503 e. The molecular weight excluding hydrogens is 432 g/mol. The van der Waals surface area contributed by atoms with Gasteiger partial charge in [-0.2, -0.15) is 0 Å². The molecule has 1 saturated heterocycles. The van der Waals surface area contributed by atoms with E-state index in [1.807, 2.05) is 29.6 Å². The van der Waals surface area contributed by atoms with E-state index < -0.39 is 23.5 Å². The molecule has 2 unspecified atom stereocenters. The first kappa shape index (κ1) is 20.7. The van der Waals surface area contributed by atoms with Crippen molar-refractivity contribution in [3.8, 4) is 0 Å². The zero-order valence-electron chi connectivity index (χ0n) is 17.2. The number of thiophene rings is 1. The van der Waals surface area contributed by atoms with Crippen molar-refractivity contribution in [2.24, 2.45) is 0 Å². The summed E-state index contributed by atoms with van der Waals surface area (Å²) in [4.78, 5) is 31.0. The molecule has 3 aromatic rings. The number of hydrogen-bond donors (Lipinski definition) is 1. The molecule has 2 aliphatic rings. The van der Waals surface area contributed by atoms with Gasteiger partial charge in [0.2, 0.25) is 5.78 Å². The largest absolute Gasteiger partial charge is 0.503 e. The first-order valence-corrected chi connectivity index (χ1v) is 11.2. The number of carbonyl (C=O) groups is 2. The fourth-order valence-electron chi connectivity index (χ4n) is 4.30. The number of nitrogens with zero attached hydrogens (tertiary/aromatic N) is 2. The number of hydrogen-bond acceptors (Lipinski definition) is 8. The Balaban J connectivity index is 1.52. The number of Topliss-reactive ketones (excluding diaryl/α,β-unsaturated/α-hetero) is 1. The maximum atomic E-state index is 13.2. The summed E-state index contributed by atoms with van der Waals surface area (Å²) in [5, 5.41) is 12.7. The van der Waals surface area contributed by atoms with Gasteiger partial charge in [-0.15, -0.1) is 11.3 Å². The van der Waals surface area contributed by atoms with Crippen LogP contribution < -0.4 is 0 Å². The topological polar surface area (TPSA) is 96.4 Å². The van der Waals surface area contributed by atoms with Crippen molar-refractivity contribution in [1.82, 2.24) is 9.80 Å². The molecular formula is C23H22N2O6S. The lowest BCUT2D eigenvalue weighted by Crippen LogP contribution is -2.45. The normalized spacial score (nSPS) is 20.8. The van der Waals surface area contributed by atoms with Crippen LogP contribution in [0.4, 0.5) is 0 Å². The molecule has 0 bridgehead atoms. The van der Waals surface area contributed by atoms with E-state index in [-0.39, 0.29) is 23.9 Å². The van der Waals surface area contributed by atoms with E-state index in [0.29, 0.717) is 26.3 Å². The van der Waals surface area contributed by atoms with Crippen LogP contribution in [0.2, 0.25) is 0 Å². The Kier molecular flexibility index (Phi) is 5.69. The van der Waals surface area contributed by atoms with Crippen LogP contribution in [0.3, 0.4) is 0 Å².